The van der Waals surface area contributed by atoms with Gasteiger partial charge in [0.15, 0.2) is 0 Å². The van der Waals surface area contributed by atoms with Crippen LogP contribution in [0.5, 0.6) is 0 Å². The molecule has 1 unspecified atom stereocenters. The third-order valence-corrected chi connectivity index (χ3v) is 3.98. The van der Waals surface area contributed by atoms with E-state index < -0.39 is 11.9 Å². The highest BCUT2D eigenvalue weighted by Crippen LogP contribution is 2.30. The van der Waals surface area contributed by atoms with Crippen LogP contribution in [0.25, 0.3) is 0 Å². The van der Waals surface area contributed by atoms with Crippen molar-refractivity contribution < 1.29 is 9.50 Å². The van der Waals surface area contributed by atoms with Crippen LogP contribution in [0.1, 0.15) is 17.2 Å². The number of benzene rings is 2. The Kier molecular flexibility index (Phi) is 4.85. The molecule has 0 amide bonds. The maximum absolute atomic E-state index is 13.7. The van der Waals surface area contributed by atoms with E-state index >= 15 is 0 Å². The Bertz CT molecular complexity index is 584. The molecule has 100 valence electrons. The zero-order valence-corrected chi connectivity index (χ0v) is 12.8. The van der Waals surface area contributed by atoms with E-state index in [1.807, 2.05) is 0 Å². The minimum absolute atomic E-state index is 0.164. The molecule has 2 aromatic rings. The van der Waals surface area contributed by atoms with Gasteiger partial charge < -0.3 is 5.11 Å². The first-order chi connectivity index (χ1) is 8.99. The largest absolute Gasteiger partial charge is 0.388 e. The van der Waals surface area contributed by atoms with Crippen LogP contribution in [0.2, 0.25) is 10.0 Å². The first kappa shape index (κ1) is 14.8. The molecule has 0 aromatic heterocycles. The first-order valence-corrected chi connectivity index (χ1v) is 7.10. The van der Waals surface area contributed by atoms with Crippen LogP contribution in [-0.2, 0) is 6.42 Å². The molecule has 0 aliphatic carbocycles. The predicted octanol–water partition coefficient (Wildman–Crippen LogP) is 5.17. The lowest BCUT2D eigenvalue weighted by atomic mass is 10.0. The summed E-state index contributed by atoms with van der Waals surface area (Å²) in [4.78, 5) is 0. The van der Waals surface area contributed by atoms with Gasteiger partial charge in [-0.1, -0.05) is 51.3 Å². The highest BCUT2D eigenvalue weighted by atomic mass is 79.9. The second-order valence-electron chi connectivity index (χ2n) is 4.09. The minimum atomic E-state index is -0.995. The second kappa shape index (κ2) is 6.23. The Morgan fingerprint density at radius 3 is 2.37 bits per heavy atom. The summed E-state index contributed by atoms with van der Waals surface area (Å²) in [5.41, 5.74) is 0.833. The first-order valence-electron chi connectivity index (χ1n) is 5.55. The molecule has 1 N–H and O–H groups in total. The number of aliphatic hydroxyl groups excluding tert-OH is 1. The summed E-state index contributed by atoms with van der Waals surface area (Å²) in [5.74, 6) is -0.468. The molecule has 2 aromatic carbocycles. The van der Waals surface area contributed by atoms with E-state index in [0.29, 0.717) is 20.1 Å². The van der Waals surface area contributed by atoms with Crippen molar-refractivity contribution in [1.82, 2.24) is 0 Å². The molecule has 0 bridgehead atoms. The van der Waals surface area contributed by atoms with E-state index in [1.54, 1.807) is 24.3 Å². The highest BCUT2D eigenvalue weighted by molar-refractivity contribution is 9.10. The molecule has 0 heterocycles. The fourth-order valence-corrected chi connectivity index (χ4v) is 2.69. The molecule has 0 saturated carbocycles. The van der Waals surface area contributed by atoms with Crippen molar-refractivity contribution in [1.29, 1.82) is 0 Å². The number of rotatable bonds is 3. The summed E-state index contributed by atoms with van der Waals surface area (Å²) in [6.07, 6.45) is -0.831. The molecule has 19 heavy (non-hydrogen) atoms. The standard InChI is InChI=1S/C14H10BrCl2FO/c15-8-4-5-9(13(18)6-8)14(19)7-10-11(16)2-1-3-12(10)17/h1-6,14,19H,7H2. The van der Waals surface area contributed by atoms with Gasteiger partial charge in [0.2, 0.25) is 0 Å². The van der Waals surface area contributed by atoms with E-state index in [0.717, 1.165) is 0 Å². The molecular weight excluding hydrogens is 354 g/mol. The number of aliphatic hydroxyl groups is 1. The van der Waals surface area contributed by atoms with Crippen molar-refractivity contribution in [2.24, 2.45) is 0 Å². The van der Waals surface area contributed by atoms with Crippen molar-refractivity contribution in [2.75, 3.05) is 0 Å². The lowest BCUT2D eigenvalue weighted by Gasteiger charge is -2.14. The van der Waals surface area contributed by atoms with E-state index in [-0.39, 0.29) is 12.0 Å². The Morgan fingerprint density at radius 1 is 1.16 bits per heavy atom. The summed E-state index contributed by atoms with van der Waals surface area (Å²) in [6.45, 7) is 0. The zero-order valence-electron chi connectivity index (χ0n) is 9.71. The van der Waals surface area contributed by atoms with Gasteiger partial charge in [0.1, 0.15) is 5.82 Å². The Labute approximate surface area is 129 Å². The molecule has 0 aliphatic heterocycles. The van der Waals surface area contributed by atoms with Crippen molar-refractivity contribution >= 4 is 39.1 Å². The van der Waals surface area contributed by atoms with E-state index in [1.165, 1.54) is 12.1 Å². The van der Waals surface area contributed by atoms with Crippen LogP contribution in [0.15, 0.2) is 40.9 Å². The van der Waals surface area contributed by atoms with E-state index in [9.17, 15) is 9.50 Å². The molecule has 0 aliphatic rings. The normalized spacial score (nSPS) is 12.5. The topological polar surface area (TPSA) is 20.2 Å². The zero-order chi connectivity index (χ0) is 14.0. The van der Waals surface area contributed by atoms with Crippen LogP contribution in [-0.4, -0.2) is 5.11 Å². The fourth-order valence-electron chi connectivity index (χ4n) is 1.80. The summed E-state index contributed by atoms with van der Waals surface area (Å²) >= 11 is 15.2. The van der Waals surface area contributed by atoms with Crippen LogP contribution >= 0.6 is 39.1 Å². The average Bonchev–Trinajstić information content (AvgIpc) is 2.33. The highest BCUT2D eigenvalue weighted by Gasteiger charge is 2.16. The molecule has 5 heteroatoms. The predicted molar refractivity (Wildman–Crippen MR) is 79.2 cm³/mol. The van der Waals surface area contributed by atoms with E-state index in [4.69, 9.17) is 23.2 Å². The third kappa shape index (κ3) is 3.48. The maximum Gasteiger partial charge on any atom is 0.130 e. The van der Waals surface area contributed by atoms with Gasteiger partial charge in [-0.05, 0) is 29.8 Å². The summed E-state index contributed by atoms with van der Waals surface area (Å²) in [7, 11) is 0. The number of hydrogen-bond donors (Lipinski definition) is 1. The van der Waals surface area contributed by atoms with Crippen molar-refractivity contribution in [2.45, 2.75) is 12.5 Å². The van der Waals surface area contributed by atoms with Crippen molar-refractivity contribution in [3.05, 3.63) is 67.9 Å². The summed E-state index contributed by atoms with van der Waals surface area (Å²) in [5, 5.41) is 11.0. The van der Waals surface area contributed by atoms with Gasteiger partial charge >= 0.3 is 0 Å². The molecule has 0 radical (unpaired) electrons. The van der Waals surface area contributed by atoms with Gasteiger partial charge in [0, 0.05) is 26.5 Å². The summed E-state index contributed by atoms with van der Waals surface area (Å²) < 4.78 is 14.4. The van der Waals surface area contributed by atoms with Gasteiger partial charge in [-0.25, -0.2) is 4.39 Å². The molecular formula is C14H10BrCl2FO. The van der Waals surface area contributed by atoms with Gasteiger partial charge in [0.05, 0.1) is 6.10 Å². The SMILES string of the molecule is OC(Cc1c(Cl)cccc1Cl)c1ccc(Br)cc1F. The molecule has 2 rings (SSSR count). The molecule has 1 nitrogen and oxygen atoms in total. The van der Waals surface area contributed by atoms with Crippen LogP contribution < -0.4 is 0 Å². The maximum atomic E-state index is 13.7. The number of halogens is 4. The van der Waals surface area contributed by atoms with Gasteiger partial charge in [-0.2, -0.15) is 0 Å². The van der Waals surface area contributed by atoms with E-state index in [2.05, 4.69) is 15.9 Å². The van der Waals surface area contributed by atoms with Crippen LogP contribution in [0, 0.1) is 5.82 Å². The fraction of sp³-hybridized carbons (Fsp3) is 0.143. The monoisotopic (exact) mass is 362 g/mol. The second-order valence-corrected chi connectivity index (χ2v) is 5.82. The van der Waals surface area contributed by atoms with Crippen molar-refractivity contribution in [3.8, 4) is 0 Å². The third-order valence-electron chi connectivity index (χ3n) is 2.78. The Hall–Kier alpha value is -0.610. The van der Waals surface area contributed by atoms with Gasteiger partial charge in [-0.3, -0.25) is 0 Å². The quantitative estimate of drug-likeness (QED) is 0.797. The average molecular weight is 364 g/mol. The Morgan fingerprint density at radius 2 is 1.79 bits per heavy atom. The molecule has 0 saturated heterocycles. The lowest BCUT2D eigenvalue weighted by Crippen LogP contribution is -2.05. The molecule has 0 fully saturated rings. The molecule has 0 spiro atoms. The van der Waals surface area contributed by atoms with Gasteiger partial charge in [-0.15, -0.1) is 0 Å². The van der Waals surface area contributed by atoms with Crippen LogP contribution in [0.3, 0.4) is 0 Å². The minimum Gasteiger partial charge on any atom is -0.388 e. The Balaban J connectivity index is 2.28. The van der Waals surface area contributed by atoms with Gasteiger partial charge in [0.25, 0.3) is 0 Å². The molecule has 1 atom stereocenters. The smallest absolute Gasteiger partial charge is 0.130 e. The summed E-state index contributed by atoms with van der Waals surface area (Å²) in [6, 6.07) is 9.62. The van der Waals surface area contributed by atoms with Crippen molar-refractivity contribution in [3.63, 3.8) is 0 Å². The number of hydrogen-bond acceptors (Lipinski definition) is 1. The lowest BCUT2D eigenvalue weighted by molar-refractivity contribution is 0.173. The van der Waals surface area contributed by atoms with Crippen LogP contribution in [0.4, 0.5) is 4.39 Å².